The van der Waals surface area contributed by atoms with Gasteiger partial charge in [0, 0.05) is 22.1 Å². The number of aromatic nitrogens is 1. The molecule has 0 spiro atoms. The van der Waals surface area contributed by atoms with E-state index in [0.717, 1.165) is 22.0 Å². The molecule has 26 heavy (non-hydrogen) atoms. The third-order valence-electron chi connectivity index (χ3n) is 4.40. The standard InChI is InChI=1S/C21H18N2O2S/c1-13-5-4-6-14(11-13)9-10-22-21(25)18-12-16-19(26-18)15-7-2-3-8-17(15)23-20(16)24/h2-8,11-12H,9-10H2,1H3,(H,22,25)(H,23,24). The Balaban J connectivity index is 1.56. The molecule has 0 fully saturated rings. The Kier molecular flexibility index (Phi) is 4.31. The van der Waals surface area contributed by atoms with Crippen LogP contribution in [0.3, 0.4) is 0 Å². The fourth-order valence-electron chi connectivity index (χ4n) is 3.13. The second-order valence-corrected chi connectivity index (χ2v) is 7.40. The molecule has 4 nitrogen and oxygen atoms in total. The first-order chi connectivity index (χ1) is 12.6. The van der Waals surface area contributed by atoms with Crippen LogP contribution in [0.15, 0.2) is 59.4 Å². The third kappa shape index (κ3) is 3.13. The van der Waals surface area contributed by atoms with Crippen molar-refractivity contribution in [3.05, 3.63) is 81.0 Å². The highest BCUT2D eigenvalue weighted by Gasteiger charge is 2.14. The van der Waals surface area contributed by atoms with Crippen molar-refractivity contribution in [2.75, 3.05) is 6.54 Å². The molecule has 2 aromatic heterocycles. The van der Waals surface area contributed by atoms with E-state index < -0.39 is 0 Å². The minimum absolute atomic E-state index is 0.137. The molecule has 0 saturated heterocycles. The zero-order valence-corrected chi connectivity index (χ0v) is 15.2. The lowest BCUT2D eigenvalue weighted by Gasteiger charge is -2.04. The Morgan fingerprint density at radius 1 is 1.08 bits per heavy atom. The van der Waals surface area contributed by atoms with Gasteiger partial charge in [-0.1, -0.05) is 48.0 Å². The van der Waals surface area contributed by atoms with Gasteiger partial charge in [0.15, 0.2) is 0 Å². The number of benzene rings is 2. The van der Waals surface area contributed by atoms with Crippen LogP contribution in [0.5, 0.6) is 0 Å². The summed E-state index contributed by atoms with van der Waals surface area (Å²) in [6, 6.07) is 17.6. The van der Waals surface area contributed by atoms with E-state index in [1.807, 2.05) is 30.3 Å². The summed E-state index contributed by atoms with van der Waals surface area (Å²) in [5.74, 6) is -0.137. The average molecular weight is 362 g/mol. The van der Waals surface area contributed by atoms with Crippen molar-refractivity contribution in [1.82, 2.24) is 10.3 Å². The van der Waals surface area contributed by atoms with Crippen molar-refractivity contribution in [1.29, 1.82) is 0 Å². The Morgan fingerprint density at radius 3 is 2.77 bits per heavy atom. The lowest BCUT2D eigenvalue weighted by molar-refractivity contribution is 0.0958. The van der Waals surface area contributed by atoms with Crippen molar-refractivity contribution in [2.45, 2.75) is 13.3 Å². The van der Waals surface area contributed by atoms with Gasteiger partial charge in [0.1, 0.15) is 0 Å². The summed E-state index contributed by atoms with van der Waals surface area (Å²) in [5.41, 5.74) is 3.04. The van der Waals surface area contributed by atoms with Gasteiger partial charge in [-0.25, -0.2) is 0 Å². The number of aromatic amines is 1. The minimum Gasteiger partial charge on any atom is -0.351 e. The molecule has 0 unspecified atom stereocenters. The number of hydrogen-bond donors (Lipinski definition) is 2. The first kappa shape index (κ1) is 16.5. The first-order valence-electron chi connectivity index (χ1n) is 8.50. The lowest BCUT2D eigenvalue weighted by Crippen LogP contribution is -2.24. The molecule has 0 radical (unpaired) electrons. The number of carbonyl (C=O) groups excluding carboxylic acids is 1. The van der Waals surface area contributed by atoms with Crippen molar-refractivity contribution >= 4 is 38.2 Å². The van der Waals surface area contributed by atoms with E-state index in [1.165, 1.54) is 22.5 Å². The van der Waals surface area contributed by atoms with Crippen LogP contribution >= 0.6 is 11.3 Å². The number of carbonyl (C=O) groups is 1. The van der Waals surface area contributed by atoms with E-state index in [2.05, 4.69) is 35.4 Å². The van der Waals surface area contributed by atoms with Crippen LogP contribution in [-0.4, -0.2) is 17.4 Å². The maximum absolute atomic E-state index is 12.5. The van der Waals surface area contributed by atoms with Crippen LogP contribution in [0.1, 0.15) is 20.8 Å². The number of para-hydroxylation sites is 1. The molecule has 2 aromatic carbocycles. The summed E-state index contributed by atoms with van der Waals surface area (Å²) in [7, 11) is 0. The number of hydrogen-bond acceptors (Lipinski definition) is 3. The van der Waals surface area contributed by atoms with Crippen molar-refractivity contribution in [3.63, 3.8) is 0 Å². The maximum Gasteiger partial charge on any atom is 0.261 e. The largest absolute Gasteiger partial charge is 0.351 e. The van der Waals surface area contributed by atoms with Gasteiger partial charge in [-0.3, -0.25) is 9.59 Å². The Morgan fingerprint density at radius 2 is 1.92 bits per heavy atom. The number of H-pyrrole nitrogens is 1. The maximum atomic E-state index is 12.5. The molecule has 1 amide bonds. The third-order valence-corrected chi connectivity index (χ3v) is 5.57. The molecule has 0 aliphatic rings. The van der Waals surface area contributed by atoms with Crippen LogP contribution in [-0.2, 0) is 6.42 Å². The summed E-state index contributed by atoms with van der Waals surface area (Å²) >= 11 is 1.37. The van der Waals surface area contributed by atoms with E-state index in [1.54, 1.807) is 6.07 Å². The van der Waals surface area contributed by atoms with Crippen molar-refractivity contribution in [2.24, 2.45) is 0 Å². The van der Waals surface area contributed by atoms with Crippen molar-refractivity contribution in [3.8, 4) is 0 Å². The number of amides is 1. The SMILES string of the molecule is Cc1cccc(CCNC(=O)c2cc3c(=O)[nH]c4ccccc4c3s2)c1. The van der Waals surface area contributed by atoms with E-state index in [9.17, 15) is 9.59 Å². The van der Waals surface area contributed by atoms with Gasteiger partial charge >= 0.3 is 0 Å². The first-order valence-corrected chi connectivity index (χ1v) is 9.32. The average Bonchev–Trinajstić information content (AvgIpc) is 3.08. The normalized spacial score (nSPS) is 11.1. The number of pyridine rings is 1. The fraction of sp³-hybridized carbons (Fsp3) is 0.143. The Hall–Kier alpha value is -2.92. The topological polar surface area (TPSA) is 62.0 Å². The molecule has 2 N–H and O–H groups in total. The molecule has 0 aliphatic heterocycles. The monoisotopic (exact) mass is 362 g/mol. The van der Waals surface area contributed by atoms with Crippen LogP contribution in [0, 0.1) is 6.92 Å². The number of aryl methyl sites for hydroxylation is 1. The van der Waals surface area contributed by atoms with E-state index in [4.69, 9.17) is 0 Å². The van der Waals surface area contributed by atoms with E-state index in [0.29, 0.717) is 16.8 Å². The molecule has 0 atom stereocenters. The van der Waals surface area contributed by atoms with Gasteiger partial charge in [-0.2, -0.15) is 0 Å². The molecular weight excluding hydrogens is 344 g/mol. The number of thiophene rings is 1. The summed E-state index contributed by atoms with van der Waals surface area (Å²) in [4.78, 5) is 28.2. The fourth-order valence-corrected chi connectivity index (χ4v) is 4.24. The molecule has 0 aliphatic carbocycles. The molecule has 0 bridgehead atoms. The van der Waals surface area contributed by atoms with E-state index >= 15 is 0 Å². The smallest absolute Gasteiger partial charge is 0.261 e. The Labute approximate surface area is 154 Å². The number of nitrogens with one attached hydrogen (secondary N) is 2. The predicted molar refractivity (Wildman–Crippen MR) is 107 cm³/mol. The quantitative estimate of drug-likeness (QED) is 0.576. The van der Waals surface area contributed by atoms with Crippen LogP contribution in [0.4, 0.5) is 0 Å². The van der Waals surface area contributed by atoms with Gasteiger partial charge in [-0.05, 0) is 31.0 Å². The molecule has 0 saturated carbocycles. The molecule has 4 rings (SSSR count). The van der Waals surface area contributed by atoms with Gasteiger partial charge in [0.2, 0.25) is 0 Å². The van der Waals surface area contributed by atoms with Crippen LogP contribution < -0.4 is 10.9 Å². The minimum atomic E-state index is -0.159. The molecule has 2 heterocycles. The summed E-state index contributed by atoms with van der Waals surface area (Å²) < 4.78 is 0.855. The molecule has 4 aromatic rings. The van der Waals surface area contributed by atoms with Gasteiger partial charge in [0.25, 0.3) is 11.5 Å². The second-order valence-electron chi connectivity index (χ2n) is 6.35. The van der Waals surface area contributed by atoms with Gasteiger partial charge < -0.3 is 10.3 Å². The molecule has 130 valence electrons. The zero-order chi connectivity index (χ0) is 18.1. The highest BCUT2D eigenvalue weighted by Crippen LogP contribution is 2.29. The summed E-state index contributed by atoms with van der Waals surface area (Å²) in [5, 5.41) is 4.49. The number of fused-ring (bicyclic) bond motifs is 3. The summed E-state index contributed by atoms with van der Waals surface area (Å²) in [6.07, 6.45) is 0.780. The van der Waals surface area contributed by atoms with Gasteiger partial charge in [0.05, 0.1) is 10.3 Å². The molecule has 5 heteroatoms. The second kappa shape index (κ2) is 6.77. The lowest BCUT2D eigenvalue weighted by atomic mass is 10.1. The van der Waals surface area contributed by atoms with Crippen LogP contribution in [0.2, 0.25) is 0 Å². The highest BCUT2D eigenvalue weighted by atomic mass is 32.1. The van der Waals surface area contributed by atoms with Crippen molar-refractivity contribution < 1.29 is 4.79 Å². The molecular formula is C21H18N2O2S. The highest BCUT2D eigenvalue weighted by molar-refractivity contribution is 7.21. The van der Waals surface area contributed by atoms with Crippen LogP contribution in [0.25, 0.3) is 21.0 Å². The Bertz CT molecular complexity index is 1170. The zero-order valence-electron chi connectivity index (χ0n) is 14.3. The van der Waals surface area contributed by atoms with E-state index in [-0.39, 0.29) is 11.5 Å². The van der Waals surface area contributed by atoms with Gasteiger partial charge in [-0.15, -0.1) is 11.3 Å². The predicted octanol–water partition coefficient (Wildman–Crippen LogP) is 4.02. The summed E-state index contributed by atoms with van der Waals surface area (Å²) in [6.45, 7) is 2.62. The number of rotatable bonds is 4.